The van der Waals surface area contributed by atoms with Crippen LogP contribution in [0.15, 0.2) is 46.6 Å². The van der Waals surface area contributed by atoms with Gasteiger partial charge in [-0.15, -0.1) is 0 Å². The Kier molecular flexibility index (Phi) is 5.72. The van der Waals surface area contributed by atoms with E-state index < -0.39 is 23.3 Å². The lowest BCUT2D eigenvalue weighted by atomic mass is 10.2. The fraction of sp³-hybridized carbons (Fsp3) is 0. The number of nitrogens with one attached hydrogen (secondary N) is 2. The Hall–Kier alpha value is -4.08. The van der Waals surface area contributed by atoms with Crippen molar-refractivity contribution >= 4 is 24.2 Å². The van der Waals surface area contributed by atoms with Crippen LogP contribution in [-0.2, 0) is 9.59 Å². The molecule has 0 aliphatic carbocycles. The van der Waals surface area contributed by atoms with Crippen molar-refractivity contribution in [3.8, 4) is 23.0 Å². The van der Waals surface area contributed by atoms with E-state index in [0.717, 1.165) is 12.4 Å². The summed E-state index contributed by atoms with van der Waals surface area (Å²) in [5.74, 6) is -3.85. The minimum absolute atomic E-state index is 0.128. The van der Waals surface area contributed by atoms with Crippen LogP contribution in [0.1, 0.15) is 11.1 Å². The van der Waals surface area contributed by atoms with Gasteiger partial charge in [0.25, 0.3) is 0 Å². The molecule has 2 amide bonds. The van der Waals surface area contributed by atoms with E-state index in [2.05, 4.69) is 10.2 Å². The van der Waals surface area contributed by atoms with E-state index in [1.54, 1.807) is 0 Å². The monoisotopic (exact) mass is 358 g/mol. The number of nitrogens with zero attached hydrogens (tertiary/aromatic N) is 2. The maximum absolute atomic E-state index is 11.5. The minimum atomic E-state index is -1.14. The first-order valence-corrected chi connectivity index (χ1v) is 7.08. The predicted molar refractivity (Wildman–Crippen MR) is 91.0 cm³/mol. The number of carbonyl (C=O) groups is 2. The van der Waals surface area contributed by atoms with Crippen molar-refractivity contribution in [2.45, 2.75) is 0 Å². The van der Waals surface area contributed by atoms with Crippen molar-refractivity contribution < 1.29 is 30.0 Å². The zero-order chi connectivity index (χ0) is 19.1. The second-order valence-corrected chi connectivity index (χ2v) is 4.83. The molecule has 0 bridgehead atoms. The third kappa shape index (κ3) is 4.47. The van der Waals surface area contributed by atoms with Crippen molar-refractivity contribution in [2.24, 2.45) is 10.2 Å². The number of hydrogen-bond donors (Lipinski definition) is 6. The largest absolute Gasteiger partial charge is 0.504 e. The average Bonchev–Trinajstić information content (AvgIpc) is 2.62. The minimum Gasteiger partial charge on any atom is -0.504 e. The molecular weight excluding hydrogens is 344 g/mol. The summed E-state index contributed by atoms with van der Waals surface area (Å²) in [6.07, 6.45) is 2.07. The highest BCUT2D eigenvalue weighted by Gasteiger charge is 2.12. The Bertz CT molecular complexity index is 821. The number of hydrazone groups is 2. The maximum Gasteiger partial charge on any atom is 0.331 e. The summed E-state index contributed by atoms with van der Waals surface area (Å²) in [5.41, 5.74) is 4.07. The molecule has 0 aliphatic heterocycles. The zero-order valence-electron chi connectivity index (χ0n) is 13.1. The van der Waals surface area contributed by atoms with Crippen molar-refractivity contribution in [1.29, 1.82) is 0 Å². The van der Waals surface area contributed by atoms with Crippen molar-refractivity contribution in [3.63, 3.8) is 0 Å². The Morgan fingerprint density at radius 3 is 1.50 bits per heavy atom. The topological polar surface area (TPSA) is 164 Å². The summed E-state index contributed by atoms with van der Waals surface area (Å²) in [7, 11) is 0. The molecular formula is C16H14N4O6. The van der Waals surface area contributed by atoms with Crippen molar-refractivity contribution in [2.75, 3.05) is 0 Å². The van der Waals surface area contributed by atoms with Crippen LogP contribution in [0, 0.1) is 0 Å². The van der Waals surface area contributed by atoms with Gasteiger partial charge in [0, 0.05) is 11.1 Å². The van der Waals surface area contributed by atoms with Crippen molar-refractivity contribution in [3.05, 3.63) is 47.5 Å². The van der Waals surface area contributed by atoms with Crippen LogP contribution in [0.2, 0.25) is 0 Å². The van der Waals surface area contributed by atoms with Gasteiger partial charge in [-0.3, -0.25) is 9.59 Å². The lowest BCUT2D eigenvalue weighted by molar-refractivity contribution is -0.139. The lowest BCUT2D eigenvalue weighted by Gasteiger charge is -2.02. The molecule has 134 valence electrons. The van der Waals surface area contributed by atoms with E-state index in [0.29, 0.717) is 0 Å². The number of rotatable bonds is 4. The normalized spacial score (nSPS) is 10.9. The smallest absolute Gasteiger partial charge is 0.331 e. The molecule has 0 saturated heterocycles. The molecule has 0 atom stereocenters. The molecule has 0 heterocycles. The highest BCUT2D eigenvalue weighted by molar-refractivity contribution is 6.35. The summed E-state index contributed by atoms with van der Waals surface area (Å²) in [6.45, 7) is 0. The molecule has 0 unspecified atom stereocenters. The van der Waals surface area contributed by atoms with E-state index >= 15 is 0 Å². The van der Waals surface area contributed by atoms with Gasteiger partial charge in [0.2, 0.25) is 0 Å². The summed E-state index contributed by atoms with van der Waals surface area (Å²) in [6, 6.07) is 8.29. The van der Waals surface area contributed by atoms with Gasteiger partial charge in [0.05, 0.1) is 12.4 Å². The summed E-state index contributed by atoms with van der Waals surface area (Å²) in [5, 5.41) is 44.7. The molecule has 0 fully saturated rings. The first-order chi connectivity index (χ1) is 12.4. The third-order valence-electron chi connectivity index (χ3n) is 3.04. The summed E-state index contributed by atoms with van der Waals surface area (Å²) < 4.78 is 0. The number of para-hydroxylation sites is 2. The molecule has 0 radical (unpaired) electrons. The van der Waals surface area contributed by atoms with Crippen LogP contribution in [0.4, 0.5) is 0 Å². The first-order valence-electron chi connectivity index (χ1n) is 7.08. The van der Waals surface area contributed by atoms with Crippen LogP contribution >= 0.6 is 0 Å². The Morgan fingerprint density at radius 1 is 0.731 bits per heavy atom. The van der Waals surface area contributed by atoms with E-state index in [1.165, 1.54) is 36.4 Å². The van der Waals surface area contributed by atoms with Gasteiger partial charge in [-0.05, 0) is 24.3 Å². The fourth-order valence-corrected chi connectivity index (χ4v) is 1.73. The molecule has 0 saturated carbocycles. The molecule has 0 spiro atoms. The quantitative estimate of drug-likeness (QED) is 0.196. The fourth-order valence-electron chi connectivity index (χ4n) is 1.73. The van der Waals surface area contributed by atoms with Crippen LogP contribution in [-0.4, -0.2) is 44.7 Å². The van der Waals surface area contributed by atoms with Gasteiger partial charge in [-0.25, -0.2) is 10.9 Å². The molecule has 0 aromatic heterocycles. The first kappa shape index (κ1) is 18.3. The third-order valence-corrected chi connectivity index (χ3v) is 3.04. The molecule has 2 aromatic carbocycles. The Balaban J connectivity index is 1.90. The van der Waals surface area contributed by atoms with Crippen LogP contribution in [0.3, 0.4) is 0 Å². The molecule has 2 aromatic rings. The van der Waals surface area contributed by atoms with Crippen LogP contribution < -0.4 is 10.9 Å². The van der Waals surface area contributed by atoms with Crippen LogP contribution in [0.25, 0.3) is 0 Å². The van der Waals surface area contributed by atoms with E-state index in [4.69, 9.17) is 0 Å². The molecule has 0 aliphatic rings. The number of phenols is 4. The number of aromatic hydroxyl groups is 4. The summed E-state index contributed by atoms with van der Waals surface area (Å²) >= 11 is 0. The lowest BCUT2D eigenvalue weighted by Crippen LogP contribution is -2.35. The maximum atomic E-state index is 11.5. The number of hydrogen-bond acceptors (Lipinski definition) is 8. The van der Waals surface area contributed by atoms with Gasteiger partial charge in [0.15, 0.2) is 23.0 Å². The standard InChI is InChI=1S/C16H14N4O6/c21-11-5-1-3-9(13(11)23)7-17-19-15(25)16(26)20-18-8-10-4-2-6-12(22)14(10)24/h1-8,21-24H,(H,19,25)(H,20,26)/b17-7+,18-8+. The summed E-state index contributed by atoms with van der Waals surface area (Å²) in [4.78, 5) is 23.1. The van der Waals surface area contributed by atoms with E-state index in [9.17, 15) is 30.0 Å². The van der Waals surface area contributed by atoms with Gasteiger partial charge in [-0.1, -0.05) is 12.1 Å². The van der Waals surface area contributed by atoms with Gasteiger partial charge >= 0.3 is 11.8 Å². The van der Waals surface area contributed by atoms with E-state index in [1.807, 2.05) is 10.9 Å². The van der Waals surface area contributed by atoms with Gasteiger partial charge in [0.1, 0.15) is 0 Å². The van der Waals surface area contributed by atoms with E-state index in [-0.39, 0.29) is 22.6 Å². The number of amides is 2. The van der Waals surface area contributed by atoms with Crippen LogP contribution in [0.5, 0.6) is 23.0 Å². The van der Waals surface area contributed by atoms with Crippen molar-refractivity contribution in [1.82, 2.24) is 10.9 Å². The predicted octanol–water partition coefficient (Wildman–Crippen LogP) is 0.109. The number of phenolic OH excluding ortho intramolecular Hbond substituents is 4. The molecule has 2 rings (SSSR count). The molecule has 10 nitrogen and oxygen atoms in total. The highest BCUT2D eigenvalue weighted by Crippen LogP contribution is 2.27. The van der Waals surface area contributed by atoms with Gasteiger partial charge in [-0.2, -0.15) is 10.2 Å². The van der Waals surface area contributed by atoms with Gasteiger partial charge < -0.3 is 20.4 Å². The number of benzene rings is 2. The Morgan fingerprint density at radius 2 is 1.12 bits per heavy atom. The molecule has 6 N–H and O–H groups in total. The second kappa shape index (κ2) is 8.15. The molecule has 10 heteroatoms. The second-order valence-electron chi connectivity index (χ2n) is 4.83. The SMILES string of the molecule is O=C(N/N=C/c1cccc(O)c1O)C(=O)N/N=C/c1cccc(O)c1O. The number of carbonyl (C=O) groups excluding carboxylic acids is 2. The average molecular weight is 358 g/mol. The zero-order valence-corrected chi connectivity index (χ0v) is 13.1. The Labute approximate surface area is 146 Å². The highest BCUT2D eigenvalue weighted by atomic mass is 16.3. The molecule has 26 heavy (non-hydrogen) atoms.